The zero-order valence-electron chi connectivity index (χ0n) is 7.44. The molecule has 4 nitrogen and oxygen atoms in total. The van der Waals surface area contributed by atoms with Crippen LogP contribution in [0.1, 0.15) is 5.56 Å². The molecule has 0 fully saturated rings. The third kappa shape index (κ3) is 1.84. The first kappa shape index (κ1) is 10.1. The molecule has 74 valence electrons. The molecule has 0 saturated heterocycles. The predicted molar refractivity (Wildman–Crippen MR) is 62.2 cm³/mol. The van der Waals surface area contributed by atoms with E-state index in [1.807, 2.05) is 11.4 Å². The van der Waals surface area contributed by atoms with E-state index in [4.69, 9.17) is 11.0 Å². The normalized spacial score (nSPS) is 9.87. The highest BCUT2D eigenvalue weighted by Crippen LogP contribution is 2.28. The summed E-state index contributed by atoms with van der Waals surface area (Å²) in [5, 5.41) is 11.5. The number of nitrogens with zero attached hydrogens (tertiary/aromatic N) is 3. The molecule has 0 aliphatic heterocycles. The quantitative estimate of drug-likeness (QED) is 0.814. The van der Waals surface area contributed by atoms with Gasteiger partial charge in [-0.3, -0.25) is 0 Å². The lowest BCUT2D eigenvalue weighted by atomic mass is 10.2. The summed E-state index contributed by atoms with van der Waals surface area (Å²) >= 11 is 4.66. The summed E-state index contributed by atoms with van der Waals surface area (Å²) < 4.78 is 0.601. The van der Waals surface area contributed by atoms with Crippen LogP contribution in [0.4, 0.5) is 5.69 Å². The lowest BCUT2D eigenvalue weighted by Gasteiger charge is -2.03. The van der Waals surface area contributed by atoms with Crippen LogP contribution in [-0.2, 0) is 0 Å². The SMILES string of the molecule is N#Cc1c(N)cc(Br)nc1-c1nccs1. The fourth-order valence-corrected chi connectivity index (χ4v) is 2.20. The minimum absolute atomic E-state index is 0.369. The average Bonchev–Trinajstić information content (AvgIpc) is 2.69. The number of rotatable bonds is 1. The average molecular weight is 281 g/mol. The number of halogens is 1. The van der Waals surface area contributed by atoms with Crippen molar-refractivity contribution in [3.05, 3.63) is 27.8 Å². The van der Waals surface area contributed by atoms with E-state index in [2.05, 4.69) is 25.9 Å². The second kappa shape index (κ2) is 3.96. The number of nitrogen functional groups attached to an aromatic ring is 1. The zero-order chi connectivity index (χ0) is 10.8. The van der Waals surface area contributed by atoms with Gasteiger partial charge in [-0.1, -0.05) is 0 Å². The van der Waals surface area contributed by atoms with Crippen molar-refractivity contribution in [1.29, 1.82) is 5.26 Å². The number of anilines is 1. The van der Waals surface area contributed by atoms with E-state index < -0.39 is 0 Å². The molecule has 0 radical (unpaired) electrons. The molecule has 2 aromatic rings. The van der Waals surface area contributed by atoms with Crippen molar-refractivity contribution in [2.45, 2.75) is 0 Å². The largest absolute Gasteiger partial charge is 0.398 e. The van der Waals surface area contributed by atoms with Crippen molar-refractivity contribution in [3.8, 4) is 16.8 Å². The summed E-state index contributed by atoms with van der Waals surface area (Å²) in [7, 11) is 0. The van der Waals surface area contributed by atoms with Gasteiger partial charge in [-0.2, -0.15) is 5.26 Å². The van der Waals surface area contributed by atoms with Crippen LogP contribution in [-0.4, -0.2) is 9.97 Å². The van der Waals surface area contributed by atoms with Crippen LogP contribution in [0.3, 0.4) is 0 Å². The smallest absolute Gasteiger partial charge is 0.143 e. The Hall–Kier alpha value is -1.45. The van der Waals surface area contributed by atoms with Crippen molar-refractivity contribution < 1.29 is 0 Å². The summed E-state index contributed by atoms with van der Waals surface area (Å²) in [6.07, 6.45) is 1.67. The Morgan fingerprint density at radius 2 is 2.33 bits per heavy atom. The van der Waals surface area contributed by atoms with E-state index in [-0.39, 0.29) is 0 Å². The van der Waals surface area contributed by atoms with Crippen LogP contribution in [0.5, 0.6) is 0 Å². The minimum Gasteiger partial charge on any atom is -0.398 e. The number of hydrogen-bond acceptors (Lipinski definition) is 5. The van der Waals surface area contributed by atoms with Crippen molar-refractivity contribution >= 4 is 33.0 Å². The van der Waals surface area contributed by atoms with Crippen LogP contribution in [0.25, 0.3) is 10.7 Å². The molecule has 0 aliphatic carbocycles. The number of nitriles is 1. The molecule has 0 saturated carbocycles. The van der Waals surface area contributed by atoms with E-state index in [1.54, 1.807) is 12.3 Å². The molecule has 2 rings (SSSR count). The minimum atomic E-state index is 0.369. The first-order valence-electron chi connectivity index (χ1n) is 3.98. The number of thiazole rings is 1. The van der Waals surface area contributed by atoms with E-state index >= 15 is 0 Å². The van der Waals surface area contributed by atoms with Gasteiger partial charge in [0.2, 0.25) is 0 Å². The summed E-state index contributed by atoms with van der Waals surface area (Å²) in [4.78, 5) is 8.32. The molecule has 0 aromatic carbocycles. The van der Waals surface area contributed by atoms with Crippen LogP contribution in [0.2, 0.25) is 0 Å². The molecule has 0 bridgehead atoms. The van der Waals surface area contributed by atoms with Crippen LogP contribution < -0.4 is 5.73 Å². The molecular weight excluding hydrogens is 276 g/mol. The van der Waals surface area contributed by atoms with Gasteiger partial charge in [-0.25, -0.2) is 9.97 Å². The van der Waals surface area contributed by atoms with Gasteiger partial charge in [-0.05, 0) is 22.0 Å². The molecule has 6 heteroatoms. The third-order valence-corrected chi connectivity index (χ3v) is 2.95. The molecule has 0 amide bonds. The van der Waals surface area contributed by atoms with Gasteiger partial charge < -0.3 is 5.73 Å². The van der Waals surface area contributed by atoms with Crippen LogP contribution in [0.15, 0.2) is 22.2 Å². The summed E-state index contributed by atoms with van der Waals surface area (Å²) in [6.45, 7) is 0. The zero-order valence-corrected chi connectivity index (χ0v) is 9.84. The van der Waals surface area contributed by atoms with E-state index in [1.165, 1.54) is 11.3 Å². The molecule has 15 heavy (non-hydrogen) atoms. The summed E-state index contributed by atoms with van der Waals surface area (Å²) in [6, 6.07) is 3.64. The number of hydrogen-bond donors (Lipinski definition) is 1. The first-order valence-corrected chi connectivity index (χ1v) is 5.65. The number of pyridine rings is 1. The lowest BCUT2D eigenvalue weighted by molar-refractivity contribution is 1.24. The molecule has 2 heterocycles. The molecule has 0 atom stereocenters. The molecule has 2 aromatic heterocycles. The first-order chi connectivity index (χ1) is 7.22. The van der Waals surface area contributed by atoms with Gasteiger partial charge in [0.15, 0.2) is 0 Å². The Morgan fingerprint density at radius 3 is 2.93 bits per heavy atom. The van der Waals surface area contributed by atoms with Crippen molar-refractivity contribution in [2.75, 3.05) is 5.73 Å². The monoisotopic (exact) mass is 280 g/mol. The maximum Gasteiger partial charge on any atom is 0.143 e. The Labute approximate surface area is 98.5 Å². The number of nitrogens with two attached hydrogens (primary N) is 1. The second-order valence-corrected chi connectivity index (χ2v) is 4.41. The maximum atomic E-state index is 8.98. The molecule has 2 N–H and O–H groups in total. The third-order valence-electron chi connectivity index (χ3n) is 1.77. The Morgan fingerprint density at radius 1 is 1.53 bits per heavy atom. The van der Waals surface area contributed by atoms with Crippen molar-refractivity contribution in [1.82, 2.24) is 9.97 Å². The highest BCUT2D eigenvalue weighted by molar-refractivity contribution is 9.10. The van der Waals surface area contributed by atoms with E-state index in [0.717, 1.165) is 0 Å². The molecular formula is C9H5BrN4S. The van der Waals surface area contributed by atoms with Gasteiger partial charge in [0.05, 0.1) is 5.69 Å². The summed E-state index contributed by atoms with van der Waals surface area (Å²) in [5.74, 6) is 0. The highest BCUT2D eigenvalue weighted by atomic mass is 79.9. The molecule has 0 spiro atoms. The Bertz CT molecular complexity index is 530. The van der Waals surface area contributed by atoms with Gasteiger partial charge in [0, 0.05) is 11.6 Å². The molecule has 0 aliphatic rings. The van der Waals surface area contributed by atoms with E-state index in [9.17, 15) is 0 Å². The Balaban J connectivity index is 2.71. The maximum absolute atomic E-state index is 8.98. The van der Waals surface area contributed by atoms with Gasteiger partial charge >= 0.3 is 0 Å². The van der Waals surface area contributed by atoms with Crippen molar-refractivity contribution in [2.24, 2.45) is 0 Å². The van der Waals surface area contributed by atoms with Crippen LogP contribution >= 0.6 is 27.3 Å². The van der Waals surface area contributed by atoms with Crippen molar-refractivity contribution in [3.63, 3.8) is 0 Å². The standard InChI is InChI=1S/C9H5BrN4S/c10-7-3-6(12)5(4-11)8(14-7)9-13-1-2-15-9/h1-3H,(H2,12,14). The topological polar surface area (TPSA) is 75.6 Å². The predicted octanol–water partition coefficient (Wildman–Crippen LogP) is 2.42. The highest BCUT2D eigenvalue weighted by Gasteiger charge is 2.13. The Kier molecular flexibility index (Phi) is 2.66. The van der Waals surface area contributed by atoms with Gasteiger partial charge in [-0.15, -0.1) is 11.3 Å². The molecule has 0 unspecified atom stereocenters. The second-order valence-electron chi connectivity index (χ2n) is 2.71. The summed E-state index contributed by atoms with van der Waals surface area (Å²) in [5.41, 5.74) is 7.03. The van der Waals surface area contributed by atoms with Gasteiger partial charge in [0.1, 0.15) is 26.9 Å². The van der Waals surface area contributed by atoms with E-state index in [0.29, 0.717) is 26.6 Å². The van der Waals surface area contributed by atoms with Gasteiger partial charge in [0.25, 0.3) is 0 Å². The number of aromatic nitrogens is 2. The fraction of sp³-hybridized carbons (Fsp3) is 0. The fourth-order valence-electron chi connectivity index (χ4n) is 1.14. The lowest BCUT2D eigenvalue weighted by Crippen LogP contribution is -1.96. The van der Waals surface area contributed by atoms with Crippen LogP contribution in [0, 0.1) is 11.3 Å².